The van der Waals surface area contributed by atoms with E-state index < -0.39 is 0 Å². The minimum Gasteiger partial charge on any atom is -0.361 e. The molecule has 1 aromatic rings. The number of rotatable bonds is 0. The maximum absolute atomic E-state index is 11.0. The molecule has 0 unspecified atom stereocenters. The molecule has 82 valence electrons. The molecule has 5 heteroatoms. The summed E-state index contributed by atoms with van der Waals surface area (Å²) in [7, 11) is 0. The van der Waals surface area contributed by atoms with Crippen LogP contribution in [0.3, 0.4) is 0 Å². The van der Waals surface area contributed by atoms with E-state index in [1.807, 2.05) is 19.9 Å². The first-order valence-electron chi connectivity index (χ1n) is 4.91. The van der Waals surface area contributed by atoms with Gasteiger partial charge >= 0.3 is 0 Å². The summed E-state index contributed by atoms with van der Waals surface area (Å²) in [6.45, 7) is 4.83. The summed E-state index contributed by atoms with van der Waals surface area (Å²) >= 11 is 3.33. The summed E-state index contributed by atoms with van der Waals surface area (Å²) in [5.74, 6) is 0.774. The number of anilines is 1. The normalized spacial score (nSPS) is 13.7. The second kappa shape index (κ2) is 5.70. The van der Waals surface area contributed by atoms with E-state index in [1.165, 1.54) is 0 Å². The second-order valence-electron chi connectivity index (χ2n) is 2.79. The van der Waals surface area contributed by atoms with Crippen LogP contribution in [0.15, 0.2) is 16.7 Å². The molecule has 2 rings (SSSR count). The van der Waals surface area contributed by atoms with Crippen LogP contribution >= 0.6 is 15.9 Å². The number of hydrogen-bond donors (Lipinski definition) is 2. The van der Waals surface area contributed by atoms with Gasteiger partial charge in [0.2, 0.25) is 5.91 Å². The highest BCUT2D eigenvalue weighted by molar-refractivity contribution is 9.10. The third kappa shape index (κ3) is 3.20. The second-order valence-corrected chi connectivity index (χ2v) is 3.71. The fourth-order valence-electron chi connectivity index (χ4n) is 1.20. The largest absolute Gasteiger partial charge is 0.361 e. The van der Waals surface area contributed by atoms with E-state index in [0.29, 0.717) is 13.1 Å². The quantitative estimate of drug-likeness (QED) is 0.758. The lowest BCUT2D eigenvalue weighted by Gasteiger charge is -2.04. The Morgan fingerprint density at radius 2 is 2.07 bits per heavy atom. The predicted octanol–water partition coefficient (Wildman–Crippen LogP) is 1.91. The number of fused-ring (bicyclic) bond motifs is 1. The molecule has 0 fully saturated rings. The summed E-state index contributed by atoms with van der Waals surface area (Å²) in [4.78, 5) is 15.2. The number of nitrogens with zero attached hydrogens (tertiary/aromatic N) is 1. The van der Waals surface area contributed by atoms with Gasteiger partial charge in [-0.1, -0.05) is 13.8 Å². The van der Waals surface area contributed by atoms with Crippen molar-refractivity contribution >= 4 is 27.7 Å². The van der Waals surface area contributed by atoms with Gasteiger partial charge in [0.15, 0.2) is 0 Å². The third-order valence-electron chi connectivity index (χ3n) is 1.83. The molecule has 0 aliphatic carbocycles. The first kappa shape index (κ1) is 12.0. The van der Waals surface area contributed by atoms with Gasteiger partial charge in [0.1, 0.15) is 5.82 Å². The lowest BCUT2D eigenvalue weighted by molar-refractivity contribution is -0.119. The Kier molecular flexibility index (Phi) is 4.55. The van der Waals surface area contributed by atoms with Gasteiger partial charge in [-0.25, -0.2) is 4.98 Å². The molecule has 0 aromatic carbocycles. The average Bonchev–Trinajstić information content (AvgIpc) is 2.44. The van der Waals surface area contributed by atoms with Gasteiger partial charge in [-0.15, -0.1) is 0 Å². The monoisotopic (exact) mass is 271 g/mol. The minimum absolute atomic E-state index is 0.00544. The number of carbonyl (C=O) groups is 1. The summed E-state index contributed by atoms with van der Waals surface area (Å²) < 4.78 is 0.921. The van der Waals surface area contributed by atoms with Crippen molar-refractivity contribution in [1.82, 2.24) is 10.3 Å². The smallest absolute Gasteiger partial charge is 0.239 e. The number of hydrogen-bond acceptors (Lipinski definition) is 3. The molecular formula is C10H14BrN3O. The predicted molar refractivity (Wildman–Crippen MR) is 63.6 cm³/mol. The molecule has 0 saturated carbocycles. The van der Waals surface area contributed by atoms with E-state index >= 15 is 0 Å². The zero-order valence-corrected chi connectivity index (χ0v) is 10.4. The van der Waals surface area contributed by atoms with E-state index in [2.05, 4.69) is 31.5 Å². The molecule has 0 radical (unpaired) electrons. The Bertz CT molecular complexity index is 355. The standard InChI is InChI=1S/C8H8BrN3O.C2H6/c9-6-1-5-2-10-7(13)4-12-8(5)11-3-6;1-2/h1,3H,2,4H2,(H,10,13)(H,11,12);1-2H3. The molecule has 0 bridgehead atoms. The fraction of sp³-hybridized carbons (Fsp3) is 0.400. The van der Waals surface area contributed by atoms with Crippen molar-refractivity contribution in [3.05, 3.63) is 22.3 Å². The van der Waals surface area contributed by atoms with Crippen LogP contribution in [-0.4, -0.2) is 17.4 Å². The van der Waals surface area contributed by atoms with Crippen LogP contribution < -0.4 is 10.6 Å². The molecule has 1 amide bonds. The van der Waals surface area contributed by atoms with Gasteiger partial charge in [-0.2, -0.15) is 0 Å². The molecule has 1 aliphatic heterocycles. The zero-order chi connectivity index (χ0) is 11.3. The van der Waals surface area contributed by atoms with Crippen molar-refractivity contribution < 1.29 is 4.79 Å². The van der Waals surface area contributed by atoms with Crippen molar-refractivity contribution in [3.8, 4) is 0 Å². The summed E-state index contributed by atoms with van der Waals surface area (Å²) in [5, 5.41) is 5.72. The third-order valence-corrected chi connectivity index (χ3v) is 2.26. The highest BCUT2D eigenvalue weighted by Gasteiger charge is 2.11. The fourth-order valence-corrected chi connectivity index (χ4v) is 1.57. The highest BCUT2D eigenvalue weighted by Crippen LogP contribution is 2.18. The van der Waals surface area contributed by atoms with Gasteiger partial charge in [-0.3, -0.25) is 4.79 Å². The van der Waals surface area contributed by atoms with Crippen molar-refractivity contribution in [2.45, 2.75) is 20.4 Å². The Morgan fingerprint density at radius 1 is 1.33 bits per heavy atom. The van der Waals surface area contributed by atoms with Crippen molar-refractivity contribution in [3.63, 3.8) is 0 Å². The number of carbonyl (C=O) groups excluding carboxylic acids is 1. The maximum Gasteiger partial charge on any atom is 0.239 e. The van der Waals surface area contributed by atoms with Crippen molar-refractivity contribution in [2.75, 3.05) is 11.9 Å². The van der Waals surface area contributed by atoms with E-state index in [4.69, 9.17) is 0 Å². The number of aromatic nitrogens is 1. The molecule has 2 heterocycles. The van der Waals surface area contributed by atoms with Crippen LogP contribution in [0.5, 0.6) is 0 Å². The van der Waals surface area contributed by atoms with E-state index in [0.717, 1.165) is 15.9 Å². The molecule has 4 nitrogen and oxygen atoms in total. The molecule has 0 atom stereocenters. The van der Waals surface area contributed by atoms with Crippen LogP contribution in [0.2, 0.25) is 0 Å². The van der Waals surface area contributed by atoms with Crippen molar-refractivity contribution in [1.29, 1.82) is 0 Å². The van der Waals surface area contributed by atoms with E-state index in [-0.39, 0.29) is 5.91 Å². The molecular weight excluding hydrogens is 258 g/mol. The highest BCUT2D eigenvalue weighted by atomic mass is 79.9. The summed E-state index contributed by atoms with van der Waals surface area (Å²) in [6, 6.07) is 1.95. The van der Waals surface area contributed by atoms with Gasteiger partial charge in [0, 0.05) is 22.8 Å². The van der Waals surface area contributed by atoms with Crippen LogP contribution in [0.1, 0.15) is 19.4 Å². The Balaban J connectivity index is 0.000000531. The number of nitrogens with one attached hydrogen (secondary N) is 2. The van der Waals surface area contributed by atoms with E-state index in [9.17, 15) is 4.79 Å². The van der Waals surface area contributed by atoms with Crippen LogP contribution in [0, 0.1) is 0 Å². The molecule has 1 aliphatic rings. The van der Waals surface area contributed by atoms with E-state index in [1.54, 1.807) is 6.20 Å². The lowest BCUT2D eigenvalue weighted by atomic mass is 10.2. The minimum atomic E-state index is -0.00544. The summed E-state index contributed by atoms with van der Waals surface area (Å²) in [5.41, 5.74) is 1.00. The lowest BCUT2D eigenvalue weighted by Crippen LogP contribution is -2.25. The molecule has 2 N–H and O–H groups in total. The zero-order valence-electron chi connectivity index (χ0n) is 8.80. The first-order valence-corrected chi connectivity index (χ1v) is 5.70. The molecule has 1 aromatic heterocycles. The number of pyridine rings is 1. The molecule has 0 spiro atoms. The maximum atomic E-state index is 11.0. The Labute approximate surface area is 97.6 Å². The van der Waals surface area contributed by atoms with Crippen molar-refractivity contribution in [2.24, 2.45) is 0 Å². The number of amides is 1. The van der Waals surface area contributed by atoms with Crippen LogP contribution in [0.4, 0.5) is 5.82 Å². The van der Waals surface area contributed by atoms with Crippen LogP contribution in [0.25, 0.3) is 0 Å². The molecule has 0 saturated heterocycles. The Morgan fingerprint density at radius 3 is 2.80 bits per heavy atom. The van der Waals surface area contributed by atoms with Gasteiger partial charge in [0.05, 0.1) is 6.54 Å². The summed E-state index contributed by atoms with van der Waals surface area (Å²) in [6.07, 6.45) is 1.71. The topological polar surface area (TPSA) is 54.0 Å². The van der Waals surface area contributed by atoms with Gasteiger partial charge < -0.3 is 10.6 Å². The van der Waals surface area contributed by atoms with Gasteiger partial charge in [0.25, 0.3) is 0 Å². The first-order chi connectivity index (χ1) is 7.25. The average molecular weight is 272 g/mol. The number of halogens is 1. The SMILES string of the molecule is CC.O=C1CNc2ncc(Br)cc2CN1. The van der Waals surface area contributed by atoms with Crippen LogP contribution in [-0.2, 0) is 11.3 Å². The Hall–Kier alpha value is -1.10. The molecule has 15 heavy (non-hydrogen) atoms. The van der Waals surface area contributed by atoms with Gasteiger partial charge in [-0.05, 0) is 22.0 Å².